The molecule has 0 atom stereocenters. The van der Waals surface area contributed by atoms with Gasteiger partial charge in [0, 0.05) is 18.0 Å². The maximum absolute atomic E-state index is 13.2. The van der Waals surface area contributed by atoms with E-state index in [2.05, 4.69) is 0 Å². The summed E-state index contributed by atoms with van der Waals surface area (Å²) in [4.78, 5) is 3.00. The van der Waals surface area contributed by atoms with E-state index >= 15 is 0 Å². The van der Waals surface area contributed by atoms with Crippen molar-refractivity contribution in [2.24, 2.45) is 0 Å². The zero-order valence-corrected chi connectivity index (χ0v) is 11.9. The van der Waals surface area contributed by atoms with Gasteiger partial charge in [0.2, 0.25) is 0 Å². The van der Waals surface area contributed by atoms with Crippen molar-refractivity contribution >= 4 is 45.9 Å². The first-order valence-electron chi connectivity index (χ1n) is 5.17. The fourth-order valence-electron chi connectivity index (χ4n) is 1.64. The highest BCUT2D eigenvalue weighted by Gasteiger charge is 2.11. The van der Waals surface area contributed by atoms with Gasteiger partial charge in [-0.15, -0.1) is 11.3 Å². The molecule has 0 bridgehead atoms. The normalized spacial score (nSPS) is 10.7. The minimum Gasteiger partial charge on any atom is -0.397 e. The van der Waals surface area contributed by atoms with Crippen LogP contribution < -0.4 is 10.6 Å². The van der Waals surface area contributed by atoms with Gasteiger partial charge in [-0.3, -0.25) is 0 Å². The van der Waals surface area contributed by atoms with Crippen LogP contribution in [0.5, 0.6) is 0 Å². The van der Waals surface area contributed by atoms with Crippen molar-refractivity contribution in [3.8, 4) is 0 Å². The summed E-state index contributed by atoms with van der Waals surface area (Å²) in [5, 5.41) is 0.0651. The number of thiophene rings is 1. The van der Waals surface area contributed by atoms with E-state index in [1.807, 2.05) is 24.1 Å². The van der Waals surface area contributed by atoms with E-state index in [0.717, 1.165) is 9.21 Å². The predicted octanol–water partition coefficient (Wildman–Crippen LogP) is 4.41. The molecule has 1 aromatic heterocycles. The first-order valence-corrected chi connectivity index (χ1v) is 6.74. The maximum Gasteiger partial charge on any atom is 0.143 e. The quantitative estimate of drug-likeness (QED) is 0.851. The van der Waals surface area contributed by atoms with Gasteiger partial charge in [-0.05, 0) is 18.2 Å². The highest BCUT2D eigenvalue weighted by Crippen LogP contribution is 2.31. The van der Waals surface area contributed by atoms with Crippen molar-refractivity contribution in [3.05, 3.63) is 44.3 Å². The molecule has 18 heavy (non-hydrogen) atoms. The Kier molecular flexibility index (Phi) is 4.00. The van der Waals surface area contributed by atoms with E-state index in [-0.39, 0.29) is 5.02 Å². The molecule has 2 nitrogen and oxygen atoms in total. The molecule has 0 amide bonds. The lowest BCUT2D eigenvalue weighted by Gasteiger charge is -2.20. The zero-order valence-electron chi connectivity index (χ0n) is 9.58. The standard InChI is InChI=1S/C12H11Cl2FN2S/c1-17(6-7-2-3-12(14)18-7)11-4-8(13)9(15)5-10(11)16/h2-5H,6,16H2,1H3. The third-order valence-corrected chi connectivity index (χ3v) is 4.01. The van der Waals surface area contributed by atoms with Crippen molar-refractivity contribution in [1.29, 1.82) is 0 Å². The van der Waals surface area contributed by atoms with E-state index < -0.39 is 5.82 Å². The summed E-state index contributed by atoms with van der Waals surface area (Å²) in [5.41, 5.74) is 6.85. The Morgan fingerprint density at radius 2 is 2.06 bits per heavy atom. The molecule has 0 fully saturated rings. The third kappa shape index (κ3) is 2.88. The smallest absolute Gasteiger partial charge is 0.143 e. The van der Waals surface area contributed by atoms with Crippen LogP contribution >= 0.6 is 34.5 Å². The highest BCUT2D eigenvalue weighted by atomic mass is 35.5. The molecular formula is C12H11Cl2FN2S. The second-order valence-electron chi connectivity index (χ2n) is 3.89. The molecule has 0 unspecified atom stereocenters. The Morgan fingerprint density at radius 1 is 1.33 bits per heavy atom. The maximum atomic E-state index is 13.2. The summed E-state index contributed by atoms with van der Waals surface area (Å²) in [6.45, 7) is 0.642. The number of nitrogen functional groups attached to an aromatic ring is 1. The molecule has 0 saturated carbocycles. The molecule has 0 radical (unpaired) electrons. The SMILES string of the molecule is CN(Cc1ccc(Cl)s1)c1cc(Cl)c(F)cc1N. The van der Waals surface area contributed by atoms with Gasteiger partial charge in [-0.1, -0.05) is 23.2 Å². The fraction of sp³-hybridized carbons (Fsp3) is 0.167. The minimum absolute atomic E-state index is 0.0651. The molecule has 0 aliphatic heterocycles. The van der Waals surface area contributed by atoms with Gasteiger partial charge in [0.05, 0.1) is 27.3 Å². The van der Waals surface area contributed by atoms with Crippen molar-refractivity contribution in [3.63, 3.8) is 0 Å². The van der Waals surface area contributed by atoms with Crippen LogP contribution in [0.15, 0.2) is 24.3 Å². The second-order valence-corrected chi connectivity index (χ2v) is 6.09. The monoisotopic (exact) mass is 304 g/mol. The van der Waals surface area contributed by atoms with Crippen LogP contribution in [0.25, 0.3) is 0 Å². The Balaban J connectivity index is 2.23. The first kappa shape index (κ1) is 13.5. The van der Waals surface area contributed by atoms with Crippen LogP contribution in [0.2, 0.25) is 9.36 Å². The summed E-state index contributed by atoms with van der Waals surface area (Å²) in [6.07, 6.45) is 0. The number of nitrogens with two attached hydrogens (primary N) is 1. The lowest BCUT2D eigenvalue weighted by molar-refractivity contribution is 0.629. The average Bonchev–Trinajstić information content (AvgIpc) is 2.69. The fourth-order valence-corrected chi connectivity index (χ4v) is 2.94. The molecule has 0 saturated heterocycles. The number of anilines is 2. The zero-order chi connectivity index (χ0) is 13.3. The summed E-state index contributed by atoms with van der Waals surface area (Å²) < 4.78 is 13.9. The highest BCUT2D eigenvalue weighted by molar-refractivity contribution is 7.16. The Hall–Kier alpha value is -0.970. The molecule has 2 aromatic rings. The minimum atomic E-state index is -0.509. The van der Waals surface area contributed by atoms with Crippen molar-refractivity contribution in [1.82, 2.24) is 0 Å². The van der Waals surface area contributed by atoms with Gasteiger partial charge < -0.3 is 10.6 Å². The molecule has 96 valence electrons. The van der Waals surface area contributed by atoms with Crippen LogP contribution in [0.4, 0.5) is 15.8 Å². The van der Waals surface area contributed by atoms with Gasteiger partial charge in [0.15, 0.2) is 0 Å². The number of rotatable bonds is 3. The largest absolute Gasteiger partial charge is 0.397 e. The summed E-state index contributed by atoms with van der Waals surface area (Å²) in [5.74, 6) is -0.509. The molecule has 0 aliphatic rings. The lowest BCUT2D eigenvalue weighted by Crippen LogP contribution is -2.17. The Labute approximate surface area is 119 Å². The van der Waals surface area contributed by atoms with Gasteiger partial charge in [-0.25, -0.2) is 4.39 Å². The van der Waals surface area contributed by atoms with Crippen LogP contribution in [-0.2, 0) is 6.54 Å². The van der Waals surface area contributed by atoms with Crippen LogP contribution in [0, 0.1) is 5.82 Å². The van der Waals surface area contributed by atoms with Gasteiger partial charge >= 0.3 is 0 Å². The van der Waals surface area contributed by atoms with E-state index in [4.69, 9.17) is 28.9 Å². The average molecular weight is 305 g/mol. The lowest BCUT2D eigenvalue weighted by atomic mass is 10.2. The molecule has 1 heterocycles. The summed E-state index contributed by atoms with van der Waals surface area (Å²) >= 11 is 13.1. The van der Waals surface area contributed by atoms with Crippen molar-refractivity contribution < 1.29 is 4.39 Å². The van der Waals surface area contributed by atoms with E-state index in [1.165, 1.54) is 23.5 Å². The van der Waals surface area contributed by atoms with E-state index in [9.17, 15) is 4.39 Å². The number of hydrogen-bond donors (Lipinski definition) is 1. The van der Waals surface area contributed by atoms with Crippen molar-refractivity contribution in [2.75, 3.05) is 17.7 Å². The molecule has 1 aromatic carbocycles. The number of benzene rings is 1. The number of nitrogens with zero attached hydrogens (tertiary/aromatic N) is 1. The summed E-state index contributed by atoms with van der Waals surface area (Å²) in [6, 6.07) is 6.55. The molecule has 2 N–H and O–H groups in total. The second kappa shape index (κ2) is 5.34. The third-order valence-electron chi connectivity index (χ3n) is 2.50. The predicted molar refractivity (Wildman–Crippen MR) is 77.3 cm³/mol. The van der Waals surface area contributed by atoms with Gasteiger partial charge in [0.1, 0.15) is 5.82 Å². The number of halogens is 3. The van der Waals surface area contributed by atoms with Crippen LogP contribution in [0.3, 0.4) is 0 Å². The topological polar surface area (TPSA) is 29.3 Å². The van der Waals surface area contributed by atoms with E-state index in [0.29, 0.717) is 17.9 Å². The molecule has 6 heteroatoms. The molecule has 0 aliphatic carbocycles. The first-order chi connectivity index (χ1) is 8.47. The van der Waals surface area contributed by atoms with Gasteiger partial charge in [-0.2, -0.15) is 0 Å². The molecule has 0 spiro atoms. The Morgan fingerprint density at radius 3 is 2.67 bits per heavy atom. The Bertz CT molecular complexity index is 571. The van der Waals surface area contributed by atoms with Crippen molar-refractivity contribution in [2.45, 2.75) is 6.54 Å². The molecular weight excluding hydrogens is 294 g/mol. The number of hydrogen-bond acceptors (Lipinski definition) is 3. The summed E-state index contributed by atoms with van der Waals surface area (Å²) in [7, 11) is 1.87. The van der Waals surface area contributed by atoms with Gasteiger partial charge in [0.25, 0.3) is 0 Å². The van der Waals surface area contributed by atoms with Crippen LogP contribution in [0.1, 0.15) is 4.88 Å². The van der Waals surface area contributed by atoms with Crippen LogP contribution in [-0.4, -0.2) is 7.05 Å². The van der Waals surface area contributed by atoms with E-state index in [1.54, 1.807) is 0 Å². The molecule has 2 rings (SSSR count).